The molecule has 0 bridgehead atoms. The molecule has 1 amide bonds. The molecule has 0 N–H and O–H groups in total. The Kier molecular flexibility index (Phi) is 3.72. The van der Waals surface area contributed by atoms with E-state index in [2.05, 4.69) is 4.98 Å². The first kappa shape index (κ1) is 15.1. The number of likely N-dealkylation sites (tertiary alicyclic amines) is 1. The van der Waals surface area contributed by atoms with Crippen molar-refractivity contribution in [2.75, 3.05) is 38.2 Å². The van der Waals surface area contributed by atoms with E-state index in [0.29, 0.717) is 5.69 Å². The molecule has 0 aliphatic carbocycles. The molecule has 0 aromatic carbocycles. The van der Waals surface area contributed by atoms with Crippen molar-refractivity contribution >= 4 is 11.6 Å². The molecule has 2 aliphatic heterocycles. The van der Waals surface area contributed by atoms with Crippen LogP contribution in [0.2, 0.25) is 0 Å². The van der Waals surface area contributed by atoms with Gasteiger partial charge in [-0.3, -0.25) is 4.79 Å². The van der Waals surface area contributed by atoms with Crippen LogP contribution in [0.3, 0.4) is 0 Å². The van der Waals surface area contributed by atoms with Crippen molar-refractivity contribution in [2.45, 2.75) is 6.18 Å². The highest BCUT2D eigenvalue weighted by Gasteiger charge is 2.52. The number of hydrogen-bond acceptors (Lipinski definition) is 4. The van der Waals surface area contributed by atoms with Gasteiger partial charge in [0.15, 0.2) is 0 Å². The molecule has 1 aromatic heterocycles. The van der Waals surface area contributed by atoms with Gasteiger partial charge in [0.05, 0.1) is 18.4 Å². The Morgan fingerprint density at radius 3 is 2.91 bits per heavy atom. The van der Waals surface area contributed by atoms with Crippen molar-refractivity contribution in [2.24, 2.45) is 11.8 Å². The molecule has 2 atom stereocenters. The van der Waals surface area contributed by atoms with E-state index < -0.39 is 23.9 Å². The van der Waals surface area contributed by atoms with Gasteiger partial charge in [0.1, 0.15) is 12.3 Å². The van der Waals surface area contributed by atoms with Crippen LogP contribution in [-0.4, -0.2) is 55.3 Å². The third kappa shape index (κ3) is 2.63. The van der Waals surface area contributed by atoms with Crippen LogP contribution in [0, 0.1) is 11.8 Å². The minimum Gasteiger partial charge on any atom is -0.474 e. The first-order valence-corrected chi connectivity index (χ1v) is 7.02. The SMILES string of the molecule is CN1C[C@@H](C(F)(F)F)[C@H](C(=O)N2CCOc3ncccc32)C1. The average Bonchev–Trinajstić information content (AvgIpc) is 2.88. The number of aromatic nitrogens is 1. The first-order chi connectivity index (χ1) is 10.4. The topological polar surface area (TPSA) is 45.7 Å². The lowest BCUT2D eigenvalue weighted by Gasteiger charge is -2.32. The summed E-state index contributed by atoms with van der Waals surface area (Å²) in [5.74, 6) is -2.94. The second-order valence-electron chi connectivity index (χ2n) is 5.64. The van der Waals surface area contributed by atoms with Gasteiger partial charge in [0.25, 0.3) is 0 Å². The maximum Gasteiger partial charge on any atom is 0.393 e. The molecule has 5 nitrogen and oxygen atoms in total. The number of pyridine rings is 1. The Morgan fingerprint density at radius 2 is 2.18 bits per heavy atom. The van der Waals surface area contributed by atoms with Crippen molar-refractivity contribution in [3.8, 4) is 5.88 Å². The number of hydrogen-bond donors (Lipinski definition) is 0. The number of halogens is 3. The van der Waals surface area contributed by atoms with E-state index >= 15 is 0 Å². The molecule has 120 valence electrons. The van der Waals surface area contributed by atoms with Gasteiger partial charge in [-0.2, -0.15) is 13.2 Å². The standard InChI is InChI=1S/C14H16F3N3O2/c1-19-7-9(10(8-19)14(15,16)17)13(21)20-5-6-22-12-11(20)3-2-4-18-12/h2-4,9-10H,5-8H2,1H3/t9-,10-/m1/s1. The summed E-state index contributed by atoms with van der Waals surface area (Å²) in [6.45, 7) is 0.428. The Labute approximate surface area is 125 Å². The lowest BCUT2D eigenvalue weighted by Crippen LogP contribution is -2.46. The maximum atomic E-state index is 13.2. The van der Waals surface area contributed by atoms with Gasteiger partial charge >= 0.3 is 6.18 Å². The van der Waals surface area contributed by atoms with Crippen molar-refractivity contribution in [3.63, 3.8) is 0 Å². The van der Waals surface area contributed by atoms with Gasteiger partial charge in [-0.15, -0.1) is 0 Å². The van der Waals surface area contributed by atoms with Crippen molar-refractivity contribution in [3.05, 3.63) is 18.3 Å². The van der Waals surface area contributed by atoms with Gasteiger partial charge in [0.2, 0.25) is 11.8 Å². The number of carbonyl (C=O) groups is 1. The summed E-state index contributed by atoms with van der Waals surface area (Å²) in [5.41, 5.74) is 0.439. The lowest BCUT2D eigenvalue weighted by molar-refractivity contribution is -0.182. The molecule has 22 heavy (non-hydrogen) atoms. The smallest absolute Gasteiger partial charge is 0.393 e. The van der Waals surface area contributed by atoms with Gasteiger partial charge in [-0.05, 0) is 19.2 Å². The number of amides is 1. The van der Waals surface area contributed by atoms with E-state index in [1.807, 2.05) is 0 Å². The molecule has 0 spiro atoms. The summed E-state index contributed by atoms with van der Waals surface area (Å²) >= 11 is 0. The van der Waals surface area contributed by atoms with Crippen LogP contribution >= 0.6 is 0 Å². The van der Waals surface area contributed by atoms with Crippen LogP contribution in [-0.2, 0) is 4.79 Å². The maximum absolute atomic E-state index is 13.2. The fourth-order valence-electron chi connectivity index (χ4n) is 3.06. The van der Waals surface area contributed by atoms with Gasteiger partial charge in [-0.25, -0.2) is 4.98 Å². The number of alkyl halides is 3. The van der Waals surface area contributed by atoms with E-state index in [1.54, 1.807) is 24.1 Å². The van der Waals surface area contributed by atoms with Crippen molar-refractivity contribution in [1.82, 2.24) is 9.88 Å². The average molecular weight is 315 g/mol. The predicted molar refractivity (Wildman–Crippen MR) is 72.6 cm³/mol. The van der Waals surface area contributed by atoms with Crippen LogP contribution in [0.15, 0.2) is 18.3 Å². The van der Waals surface area contributed by atoms with Crippen LogP contribution in [0.25, 0.3) is 0 Å². The summed E-state index contributed by atoms with van der Waals surface area (Å²) in [5, 5.41) is 0. The van der Waals surface area contributed by atoms with E-state index in [4.69, 9.17) is 4.74 Å². The largest absolute Gasteiger partial charge is 0.474 e. The Morgan fingerprint density at radius 1 is 1.41 bits per heavy atom. The zero-order chi connectivity index (χ0) is 15.9. The van der Waals surface area contributed by atoms with Crippen LogP contribution in [0.1, 0.15) is 0 Å². The summed E-state index contributed by atoms with van der Waals surface area (Å²) in [6, 6.07) is 3.27. The third-order valence-corrected chi connectivity index (χ3v) is 4.10. The van der Waals surface area contributed by atoms with Crippen molar-refractivity contribution < 1.29 is 22.7 Å². The number of rotatable bonds is 1. The van der Waals surface area contributed by atoms with E-state index in [9.17, 15) is 18.0 Å². The molecule has 1 aromatic rings. The molecular formula is C14H16F3N3O2. The Bertz CT molecular complexity index is 579. The van der Waals surface area contributed by atoms with Gasteiger partial charge in [0, 0.05) is 19.3 Å². The van der Waals surface area contributed by atoms with Crippen LogP contribution in [0.4, 0.5) is 18.9 Å². The molecule has 1 saturated heterocycles. The minimum atomic E-state index is -4.38. The zero-order valence-corrected chi connectivity index (χ0v) is 12.0. The second-order valence-corrected chi connectivity index (χ2v) is 5.64. The number of ether oxygens (including phenoxy) is 1. The summed E-state index contributed by atoms with van der Waals surface area (Å²) < 4.78 is 44.9. The zero-order valence-electron chi connectivity index (χ0n) is 12.0. The molecule has 0 saturated carbocycles. The predicted octanol–water partition coefficient (Wildman–Crippen LogP) is 1.55. The fraction of sp³-hybridized carbons (Fsp3) is 0.571. The summed E-state index contributed by atoms with van der Waals surface area (Å²) in [4.78, 5) is 19.6. The van der Waals surface area contributed by atoms with Crippen LogP contribution < -0.4 is 9.64 Å². The summed E-state index contributed by atoms with van der Waals surface area (Å²) in [6.07, 6.45) is -2.86. The molecule has 2 aliphatic rings. The highest BCUT2D eigenvalue weighted by molar-refractivity contribution is 5.97. The molecular weight excluding hydrogens is 299 g/mol. The molecule has 3 rings (SSSR count). The monoisotopic (exact) mass is 315 g/mol. The van der Waals surface area contributed by atoms with Gasteiger partial charge < -0.3 is 14.5 Å². The Hall–Kier alpha value is -1.83. The number of anilines is 1. The summed E-state index contributed by atoms with van der Waals surface area (Å²) in [7, 11) is 1.60. The minimum absolute atomic E-state index is 0.107. The molecule has 1 fully saturated rings. The Balaban J connectivity index is 1.88. The molecule has 0 radical (unpaired) electrons. The highest BCUT2D eigenvalue weighted by atomic mass is 19.4. The highest BCUT2D eigenvalue weighted by Crippen LogP contribution is 2.39. The third-order valence-electron chi connectivity index (χ3n) is 4.10. The second kappa shape index (κ2) is 5.42. The number of nitrogens with zero attached hydrogens (tertiary/aromatic N) is 3. The lowest BCUT2D eigenvalue weighted by atomic mass is 9.93. The first-order valence-electron chi connectivity index (χ1n) is 7.02. The fourth-order valence-corrected chi connectivity index (χ4v) is 3.06. The van der Waals surface area contributed by atoms with E-state index in [-0.39, 0.29) is 32.1 Å². The molecule has 8 heteroatoms. The normalized spacial score (nSPS) is 25.7. The number of fused-ring (bicyclic) bond motifs is 1. The van der Waals surface area contributed by atoms with E-state index in [0.717, 1.165) is 0 Å². The molecule has 0 unspecified atom stereocenters. The van der Waals surface area contributed by atoms with E-state index in [1.165, 1.54) is 11.1 Å². The van der Waals surface area contributed by atoms with Crippen molar-refractivity contribution in [1.29, 1.82) is 0 Å². The number of carbonyl (C=O) groups excluding carboxylic acids is 1. The quantitative estimate of drug-likeness (QED) is 0.789. The van der Waals surface area contributed by atoms with Crippen LogP contribution in [0.5, 0.6) is 5.88 Å². The molecule has 3 heterocycles. The van der Waals surface area contributed by atoms with Gasteiger partial charge in [-0.1, -0.05) is 0 Å².